The lowest BCUT2D eigenvalue weighted by atomic mass is 10.0. The zero-order chi connectivity index (χ0) is 34.6. The molecule has 2 saturated carbocycles. The van der Waals surface area contributed by atoms with Gasteiger partial charge in [0.05, 0.1) is 36.2 Å². The third-order valence-electron chi connectivity index (χ3n) is 10.5. The molecule has 1 N–H and O–H groups in total. The summed E-state index contributed by atoms with van der Waals surface area (Å²) in [4.78, 5) is 14.6. The van der Waals surface area contributed by atoms with E-state index in [1.54, 1.807) is 0 Å². The summed E-state index contributed by atoms with van der Waals surface area (Å²) in [7, 11) is 5.42. The first kappa shape index (κ1) is 33.6. The fraction of sp³-hybridized carbons (Fsp3) is 0.447. The Labute approximate surface area is 306 Å². The van der Waals surface area contributed by atoms with E-state index >= 15 is 0 Å². The van der Waals surface area contributed by atoms with Gasteiger partial charge in [-0.3, -0.25) is 9.69 Å². The monoisotopic (exact) mass is 730 g/mol. The number of aryl methyl sites for hydroxylation is 4. The van der Waals surface area contributed by atoms with Crippen LogP contribution in [0.3, 0.4) is 0 Å². The van der Waals surface area contributed by atoms with Crippen LogP contribution < -0.4 is 10.1 Å². The largest absolute Gasteiger partial charge is 0.491 e. The summed E-state index contributed by atoms with van der Waals surface area (Å²) in [6.45, 7) is 3.43. The van der Waals surface area contributed by atoms with Gasteiger partial charge in [0.15, 0.2) is 0 Å². The number of carbonyl (C=O) groups excluding carboxylic acids is 1. The second-order valence-electron chi connectivity index (χ2n) is 13.7. The van der Waals surface area contributed by atoms with Gasteiger partial charge in [-0.2, -0.15) is 10.2 Å². The number of rotatable bonds is 4. The van der Waals surface area contributed by atoms with Gasteiger partial charge in [0.2, 0.25) is 0 Å². The molecule has 4 aliphatic rings. The molecule has 2 aliphatic carbocycles. The van der Waals surface area contributed by atoms with Crippen molar-refractivity contribution in [3.63, 3.8) is 0 Å². The normalized spacial score (nSPS) is 22.8. The van der Waals surface area contributed by atoms with Gasteiger partial charge in [-0.05, 0) is 92.8 Å². The summed E-state index contributed by atoms with van der Waals surface area (Å²) in [5, 5.41) is 17.3. The van der Waals surface area contributed by atoms with Crippen LogP contribution >= 0.6 is 35.1 Å². The average molecular weight is 731 g/mol. The second kappa shape index (κ2) is 13.5. The van der Waals surface area contributed by atoms with Crippen LogP contribution in [0.5, 0.6) is 5.75 Å². The van der Waals surface area contributed by atoms with Crippen LogP contribution in [0.1, 0.15) is 71.2 Å². The molecule has 12 heteroatoms. The number of anilines is 1. The molecule has 0 unspecified atom stereocenters. The lowest BCUT2D eigenvalue weighted by Gasteiger charge is -2.26. The number of carbonyl (C=O) groups is 1. The molecule has 4 aromatic rings. The molecule has 9 nitrogen and oxygen atoms in total. The van der Waals surface area contributed by atoms with E-state index in [1.165, 1.54) is 23.3 Å². The standard InChI is InChI=1S/C38H43ClN6O3S2/c1-5-41-45(38-18-24(38)19-38)27-16-31-32(39)11-10-30-29(36(37(46)47-4)43(2)35(30)31)9-7-13-48-33-17-28(14-23-8-6-12-40-34(23)33)50-22-26-15-25(20-49-21-27)42-44(26)3/h5,10-11,14-17,24,40H,6-9,12-13,18-22H2,1-4H3/b27-16+,41-5+. The molecular weight excluding hydrogens is 688 g/mol. The number of ether oxygens (including phenoxy) is 2. The number of hydrogen-bond donors (Lipinski definition) is 1. The molecule has 4 heterocycles. The van der Waals surface area contributed by atoms with Gasteiger partial charge in [0, 0.05) is 76.4 Å². The van der Waals surface area contributed by atoms with Crippen molar-refractivity contribution in [2.45, 2.75) is 67.4 Å². The van der Waals surface area contributed by atoms with Crippen molar-refractivity contribution >= 4 is 70.0 Å². The number of thioether (sulfide) groups is 2. The molecule has 2 aromatic carbocycles. The molecule has 8 bridgehead atoms. The van der Waals surface area contributed by atoms with Crippen molar-refractivity contribution in [3.8, 4) is 5.75 Å². The Morgan fingerprint density at radius 3 is 2.80 bits per heavy atom. The molecule has 0 amide bonds. The highest BCUT2D eigenvalue weighted by Crippen LogP contribution is 2.71. The van der Waals surface area contributed by atoms with Crippen LogP contribution in [0.2, 0.25) is 5.02 Å². The molecule has 8 rings (SSSR count). The molecule has 0 radical (unpaired) electrons. The van der Waals surface area contributed by atoms with Gasteiger partial charge >= 0.3 is 5.97 Å². The smallest absolute Gasteiger partial charge is 0.354 e. The third kappa shape index (κ3) is 6.09. The van der Waals surface area contributed by atoms with E-state index < -0.39 is 0 Å². The Bertz CT molecular complexity index is 2050. The third-order valence-corrected chi connectivity index (χ3v) is 12.9. The molecule has 2 fully saturated rings. The number of halogens is 1. The number of fused-ring (bicyclic) bond motifs is 7. The maximum Gasteiger partial charge on any atom is 0.354 e. The van der Waals surface area contributed by atoms with Gasteiger partial charge in [-0.25, -0.2) is 4.79 Å². The van der Waals surface area contributed by atoms with Crippen LogP contribution in [0.25, 0.3) is 17.0 Å². The summed E-state index contributed by atoms with van der Waals surface area (Å²) in [6, 6.07) is 10.7. The van der Waals surface area contributed by atoms with Crippen molar-refractivity contribution in [1.82, 2.24) is 19.4 Å². The molecule has 0 spiro atoms. The number of esters is 1. The van der Waals surface area contributed by atoms with E-state index in [9.17, 15) is 4.79 Å². The summed E-state index contributed by atoms with van der Waals surface area (Å²) >= 11 is 10.7. The first-order chi connectivity index (χ1) is 24.3. The van der Waals surface area contributed by atoms with Crippen LogP contribution in [0, 0.1) is 5.92 Å². The number of nitrogens with one attached hydrogen (secondary N) is 1. The maximum absolute atomic E-state index is 13.4. The lowest BCUT2D eigenvalue weighted by molar-refractivity contribution is 0.0589. The minimum atomic E-state index is -0.358. The van der Waals surface area contributed by atoms with Crippen molar-refractivity contribution in [2.24, 2.45) is 25.1 Å². The van der Waals surface area contributed by atoms with E-state index in [2.05, 4.69) is 34.6 Å². The van der Waals surface area contributed by atoms with E-state index in [1.807, 2.05) is 72.1 Å². The van der Waals surface area contributed by atoms with Gasteiger partial charge in [-0.15, -0.1) is 23.5 Å². The Morgan fingerprint density at radius 1 is 1.18 bits per heavy atom. The molecule has 0 saturated heterocycles. The summed E-state index contributed by atoms with van der Waals surface area (Å²) in [6.07, 6.45) is 9.93. The van der Waals surface area contributed by atoms with E-state index in [4.69, 9.17) is 31.3 Å². The molecule has 0 atom stereocenters. The Hall–Kier alpha value is -3.54. The van der Waals surface area contributed by atoms with Crippen LogP contribution in [0.4, 0.5) is 5.69 Å². The highest BCUT2D eigenvalue weighted by Gasteiger charge is 2.74. The maximum atomic E-state index is 13.4. The fourth-order valence-corrected chi connectivity index (χ4v) is 9.75. The molecule has 262 valence electrons. The lowest BCUT2D eigenvalue weighted by Crippen LogP contribution is -2.26. The minimum Gasteiger partial charge on any atom is -0.491 e. The Kier molecular flexibility index (Phi) is 9.10. The molecular formula is C38H43ClN6O3S2. The van der Waals surface area contributed by atoms with Crippen molar-refractivity contribution < 1.29 is 14.3 Å². The van der Waals surface area contributed by atoms with Gasteiger partial charge in [-0.1, -0.05) is 17.7 Å². The highest BCUT2D eigenvalue weighted by molar-refractivity contribution is 7.98. The predicted octanol–water partition coefficient (Wildman–Crippen LogP) is 8.07. The van der Waals surface area contributed by atoms with Crippen molar-refractivity contribution in [2.75, 3.05) is 31.3 Å². The Morgan fingerprint density at radius 2 is 2.02 bits per heavy atom. The minimum absolute atomic E-state index is 0.114. The average Bonchev–Trinajstić information content (AvgIpc) is 3.93. The zero-order valence-corrected chi connectivity index (χ0v) is 31.4. The van der Waals surface area contributed by atoms with Gasteiger partial charge in [0.25, 0.3) is 0 Å². The number of methoxy groups -OCH3 is 1. The van der Waals surface area contributed by atoms with E-state index in [-0.39, 0.29) is 11.5 Å². The summed E-state index contributed by atoms with van der Waals surface area (Å²) in [5.74, 6) is 3.57. The molecule has 2 aromatic heterocycles. The highest BCUT2D eigenvalue weighted by atomic mass is 35.5. The number of hydrogen-bond acceptors (Lipinski definition) is 9. The van der Waals surface area contributed by atoms with Crippen LogP contribution in [-0.4, -0.2) is 63.1 Å². The van der Waals surface area contributed by atoms with E-state index in [0.717, 1.165) is 101 Å². The zero-order valence-electron chi connectivity index (χ0n) is 29.1. The molecule has 50 heavy (non-hydrogen) atoms. The predicted molar refractivity (Wildman–Crippen MR) is 205 cm³/mol. The first-order valence-corrected chi connectivity index (χ1v) is 20.0. The molecule has 2 aliphatic heterocycles. The number of hydrazone groups is 1. The Balaban J connectivity index is 1.23. The SMILES string of the molecule is C/C=N/N(/C1=C/c2c(Cl)ccc3c(c(C(=O)OC)n(C)c23)CCCOc2cc(cc3c2NCCC3)SCc2cc(nn2C)CSC1)C12CC1C2. The number of aromatic nitrogens is 3. The van der Waals surface area contributed by atoms with Gasteiger partial charge in [0.1, 0.15) is 11.4 Å². The van der Waals surface area contributed by atoms with E-state index in [0.29, 0.717) is 29.7 Å². The first-order valence-electron chi connectivity index (χ1n) is 17.4. The summed E-state index contributed by atoms with van der Waals surface area (Å²) < 4.78 is 15.9. The van der Waals surface area contributed by atoms with Gasteiger partial charge < -0.3 is 19.4 Å². The van der Waals surface area contributed by atoms with Crippen LogP contribution in [0.15, 0.2) is 46.0 Å². The topological polar surface area (TPSA) is 85.9 Å². The fourth-order valence-electron chi connectivity index (χ4n) is 7.68. The number of nitrogens with zero attached hydrogens (tertiary/aromatic N) is 5. The second-order valence-corrected chi connectivity index (χ2v) is 16.2. The van der Waals surface area contributed by atoms with Crippen molar-refractivity contribution in [1.29, 1.82) is 0 Å². The van der Waals surface area contributed by atoms with Crippen molar-refractivity contribution in [3.05, 3.63) is 74.8 Å². The summed E-state index contributed by atoms with van der Waals surface area (Å²) in [5.41, 5.74) is 9.18. The quantitative estimate of drug-likeness (QED) is 0.128. The van der Waals surface area contributed by atoms with Crippen LogP contribution in [-0.2, 0) is 43.2 Å². The number of benzene rings is 2.